The predicted molar refractivity (Wildman–Crippen MR) is 489 cm³/mol. The van der Waals surface area contributed by atoms with Gasteiger partial charge in [-0.15, -0.1) is 0 Å². The van der Waals surface area contributed by atoms with Crippen molar-refractivity contribution in [1.82, 2.24) is 53.2 Å². The Labute approximate surface area is 776 Å². The van der Waals surface area contributed by atoms with Gasteiger partial charge in [-0.25, -0.2) is 22.4 Å². The number of methoxy groups -OCH3 is 5. The number of benzene rings is 6. The fraction of sp³-hybridized carbons (Fsp3) is 0.247. The summed E-state index contributed by atoms with van der Waals surface area (Å²) in [6.45, 7) is 3.75. The van der Waals surface area contributed by atoms with Crippen molar-refractivity contribution in [3.8, 4) is 23.0 Å². The Balaban J connectivity index is 0.000000364. The molecule has 8 N–H and O–H groups in total. The Hall–Kier alpha value is -14.5. The summed E-state index contributed by atoms with van der Waals surface area (Å²) < 4.78 is 95.8. The van der Waals surface area contributed by atoms with Gasteiger partial charge in [0.05, 0.1) is 40.1 Å². The Bertz CT molecular complexity index is 6340. The van der Waals surface area contributed by atoms with E-state index in [9.17, 15) is 90.1 Å². The van der Waals surface area contributed by atoms with Crippen LogP contribution in [0.25, 0.3) is 11.0 Å². The average molecular weight is 1940 g/mol. The molecule has 0 radical (unpaired) electrons. The first-order chi connectivity index (χ1) is 62.2. The molecule has 0 atom stereocenters. The molecule has 34 nitrogen and oxygen atoms in total. The van der Waals surface area contributed by atoms with Gasteiger partial charge in [0, 0.05) is 165 Å². The van der Waals surface area contributed by atoms with Gasteiger partial charge < -0.3 is 115 Å². The summed E-state index contributed by atoms with van der Waals surface area (Å²) in [5, 5.41) is 30.8. The number of fused-ring (bicyclic) bond motifs is 3. The molecule has 13 rings (SSSR count). The second-order valence-electron chi connectivity index (χ2n) is 28.0. The Kier molecular flexibility index (Phi) is 44.4. The summed E-state index contributed by atoms with van der Waals surface area (Å²) in [7, 11) is 7.29. The summed E-state index contributed by atoms with van der Waals surface area (Å²) in [5.74, 6) is -7.92. The molecule has 1 aliphatic rings. The first-order valence-corrected chi connectivity index (χ1v) is 39.6. The quantitative estimate of drug-likeness (QED) is 0.00797. The zero-order chi connectivity index (χ0) is 93.2. The normalized spacial score (nSPS) is 10.9. The van der Waals surface area contributed by atoms with E-state index in [1.54, 1.807) is 55.9 Å². The van der Waals surface area contributed by atoms with Crippen molar-refractivity contribution in [2.75, 3.05) is 81.6 Å². The maximum absolute atomic E-state index is 13.4. The summed E-state index contributed by atoms with van der Waals surface area (Å²) in [5.41, 5.74) is 3.02. The average Bonchev–Trinajstić information content (AvgIpc) is 0.774. The second-order valence-corrected chi connectivity index (χ2v) is 28.0. The summed E-state index contributed by atoms with van der Waals surface area (Å²) in [6.07, 6.45) is 11.5. The molecule has 712 valence electrons. The number of nitrogens with two attached hydrogens (primary N) is 1. The van der Waals surface area contributed by atoms with Crippen LogP contribution in [0.3, 0.4) is 0 Å². The molecular weight excluding hydrogens is 1830 g/mol. The van der Waals surface area contributed by atoms with Crippen molar-refractivity contribution >= 4 is 61.2 Å². The molecule has 5 amide bonds. The molecule has 1 aliphatic heterocycles. The van der Waals surface area contributed by atoms with Crippen LogP contribution in [0.5, 0.6) is 23.0 Å². The Morgan fingerprint density at radius 1 is 0.444 bits per heavy atom. The van der Waals surface area contributed by atoms with E-state index in [-0.39, 0.29) is 167 Å². The number of ether oxygens (including phenoxy) is 7. The van der Waals surface area contributed by atoms with Crippen LogP contribution in [0.15, 0.2) is 236 Å². The third kappa shape index (κ3) is 29.7. The van der Waals surface area contributed by atoms with Crippen LogP contribution < -0.4 is 69.3 Å². The topological polar surface area (TPSA) is 433 Å². The van der Waals surface area contributed by atoms with Crippen LogP contribution in [0.1, 0.15) is 105 Å². The van der Waals surface area contributed by atoms with E-state index in [1.807, 2.05) is 36.4 Å². The number of halogens is 4. The standard InChI is InChI=1S/C26H24FN3O5.C24H21FN2O6.C19H20FN3O5.C19H18FN3O5.C3H9NO.CH4.CH3.BH4.Pd.H2/c1-34-14-13-29-11-12-30-16-21(25(32)28-15-18-7-9-20(27)10-8-18)23(31)24(22(30)26(29)33)35-17-19-5-3-2-4-6-19;1-32-24(31)20-22(33-15-17-5-3-2-4-6-17)21(29)19(14-27(20)11-12-28)23(30)26-13-16-7-9-18(25)10-8-16;2*1-28-9-8-22-6-7-23-11-14(16(24)17(25)15(23)19(22)27)18(26)21-10-12-2-4-13(20)5-3-12;1-5-3-2-4;;;;;/h2-12,16H,13-15,17H2,1H3,(H,28,32);2-10,12,14H,11,13,15H2,1H3,(H,26,30);2-5,11,25H,6-10H2,1H3,(H,21,26);2-7,11,25H,8-10H2,1H3,(H,21,26);2-4H2,1H3;1H4;1H3;1H4;;1H/q;;;;;;2*-1;;. The van der Waals surface area contributed by atoms with Gasteiger partial charge in [-0.1, -0.05) is 125 Å². The number of nitrogens with one attached hydrogen (secondary N) is 4. The largest absolute Gasteiger partial charge is 0.503 e. The van der Waals surface area contributed by atoms with E-state index in [0.717, 1.165) is 29.0 Å². The molecule has 6 aromatic heterocycles. The molecule has 0 bridgehead atoms. The van der Waals surface area contributed by atoms with E-state index in [1.165, 1.54) is 165 Å². The molecule has 0 saturated carbocycles. The first-order valence-electron chi connectivity index (χ1n) is 39.6. The smallest absolute Gasteiger partial charge is 0.358 e. The molecule has 0 fully saturated rings. The number of aromatic hydroxyl groups is 2. The Morgan fingerprint density at radius 3 is 1.20 bits per heavy atom. The maximum atomic E-state index is 13.4. The van der Waals surface area contributed by atoms with Crippen molar-refractivity contribution in [2.45, 2.75) is 73.0 Å². The van der Waals surface area contributed by atoms with Crippen molar-refractivity contribution in [3.63, 3.8) is 0 Å². The zero-order valence-corrected chi connectivity index (χ0v) is 73.4. The minimum Gasteiger partial charge on any atom is -0.503 e. The van der Waals surface area contributed by atoms with Crippen molar-refractivity contribution in [3.05, 3.63) is 367 Å². The minimum absolute atomic E-state index is 0. The van der Waals surface area contributed by atoms with Gasteiger partial charge in [-0.3, -0.25) is 52.7 Å². The molecule has 0 aliphatic carbocycles. The molecule has 6 aromatic carbocycles. The summed E-state index contributed by atoms with van der Waals surface area (Å²) in [4.78, 5) is 165. The third-order valence-corrected chi connectivity index (χ3v) is 19.2. The summed E-state index contributed by atoms with van der Waals surface area (Å²) in [6, 6.07) is 40.3. The van der Waals surface area contributed by atoms with Crippen LogP contribution in [0, 0.1) is 30.7 Å². The number of pyridine rings is 4. The summed E-state index contributed by atoms with van der Waals surface area (Å²) >= 11 is 0. The van der Waals surface area contributed by atoms with Gasteiger partial charge >= 0.3 is 5.97 Å². The minimum atomic E-state index is -0.946. The van der Waals surface area contributed by atoms with Crippen LogP contribution in [0.2, 0.25) is 0 Å². The molecule has 0 spiro atoms. The SMILES string of the molecule is C.COC(=O)c1c(OCc2ccccc2)c(=O)c(C(=O)NCc2ccc(F)cc2)cn1CC=O.COCCN.COCCN1CCn2cc(C(=O)NCc3ccc(F)cc3)c(=O)c(O)c2C1=O.COCCn1ccn2cc(C(=O)NCc3ccc(F)cc3)c(=O)c(O)c2c1=O.COCCn1ccn2cc(C(=O)NCc3ccc(F)cc3)c(=O)c(OCc3ccccc3)c2c1=O.[BH4-].[CH3-].[HH].[Pd]. The second kappa shape index (κ2) is 54.2. The van der Waals surface area contributed by atoms with Gasteiger partial charge in [0.15, 0.2) is 45.4 Å². The monoisotopic (exact) mass is 1930 g/mol. The number of hydrogen-bond acceptors (Lipinski definition) is 23. The Morgan fingerprint density at radius 2 is 0.805 bits per heavy atom. The van der Waals surface area contributed by atoms with Crippen LogP contribution in [0.4, 0.5) is 17.6 Å². The molecule has 133 heavy (non-hydrogen) atoms. The van der Waals surface area contributed by atoms with Crippen molar-refractivity contribution < 1.29 is 116 Å². The van der Waals surface area contributed by atoms with Crippen LogP contribution in [-0.2, 0) is 114 Å². The molecule has 0 saturated heterocycles. The van der Waals surface area contributed by atoms with Gasteiger partial charge in [-0.2, -0.15) is 0 Å². The number of aromatic nitrogens is 6. The zero-order valence-electron chi connectivity index (χ0n) is 71.8. The third-order valence-electron chi connectivity index (χ3n) is 19.2. The number of amides is 5. The number of carbonyl (C=O) groups excluding carboxylic acids is 7. The maximum Gasteiger partial charge on any atom is 0.358 e. The molecule has 12 aromatic rings. The van der Waals surface area contributed by atoms with Gasteiger partial charge in [-0.05, 0) is 81.9 Å². The number of hydrogen-bond donors (Lipinski definition) is 7. The number of rotatable bonds is 32. The predicted octanol–water partition coefficient (Wildman–Crippen LogP) is 6.31. The molecular formula is C93H105BF4N12O22Pd-2. The number of aldehydes is 1. The fourth-order valence-electron chi connectivity index (χ4n) is 12.5. The van der Waals surface area contributed by atoms with Crippen molar-refractivity contribution in [1.29, 1.82) is 0 Å². The van der Waals surface area contributed by atoms with Crippen LogP contribution >= 0.6 is 0 Å². The van der Waals surface area contributed by atoms with E-state index >= 15 is 0 Å². The molecule has 7 heterocycles. The molecule has 40 heteroatoms. The fourth-order valence-corrected chi connectivity index (χ4v) is 12.5. The van der Waals surface area contributed by atoms with Gasteiger partial charge in [0.25, 0.3) is 40.7 Å². The number of carbonyl (C=O) groups is 7. The van der Waals surface area contributed by atoms with Gasteiger partial charge in [0.1, 0.15) is 65.0 Å². The van der Waals surface area contributed by atoms with E-state index < -0.39 is 103 Å². The number of nitrogens with zero attached hydrogens (tertiary/aromatic N) is 7. The van der Waals surface area contributed by atoms with E-state index in [4.69, 9.17) is 34.2 Å². The first kappa shape index (κ1) is 109. The molecule has 0 unspecified atom stereocenters. The van der Waals surface area contributed by atoms with E-state index in [2.05, 4.69) is 26.0 Å². The van der Waals surface area contributed by atoms with Gasteiger partial charge in [0.2, 0.25) is 21.7 Å². The number of esters is 1. The van der Waals surface area contributed by atoms with Crippen LogP contribution in [-0.4, -0.2) is 174 Å². The van der Waals surface area contributed by atoms with Crippen molar-refractivity contribution in [2.24, 2.45) is 5.73 Å². The van der Waals surface area contributed by atoms with E-state index in [0.29, 0.717) is 74.5 Å².